The van der Waals surface area contributed by atoms with E-state index in [1.807, 2.05) is 24.3 Å². The molecule has 1 aliphatic heterocycles. The van der Waals surface area contributed by atoms with Crippen molar-refractivity contribution < 1.29 is 14.1 Å². The summed E-state index contributed by atoms with van der Waals surface area (Å²) in [5, 5.41) is 11.3. The second kappa shape index (κ2) is 8.25. The number of benzene rings is 2. The molecule has 2 aromatic carbocycles. The minimum atomic E-state index is -0.452. The normalized spacial score (nSPS) is 15.2. The average molecular weight is 437 g/mol. The topological polar surface area (TPSA) is 76.6 Å². The Labute approximate surface area is 182 Å². The predicted octanol–water partition coefficient (Wildman–Crippen LogP) is 5.82. The van der Waals surface area contributed by atoms with E-state index in [0.717, 1.165) is 12.1 Å². The van der Waals surface area contributed by atoms with Gasteiger partial charge in [-0.1, -0.05) is 55.2 Å². The summed E-state index contributed by atoms with van der Waals surface area (Å²) in [6, 6.07) is 17.4. The molecule has 150 valence electrons. The van der Waals surface area contributed by atoms with Crippen LogP contribution in [-0.4, -0.2) is 15.2 Å². The van der Waals surface area contributed by atoms with Gasteiger partial charge in [-0.25, -0.2) is 0 Å². The number of anilines is 1. The molecule has 0 saturated carbocycles. The first-order valence-corrected chi connectivity index (χ1v) is 10.4. The highest BCUT2D eigenvalue weighted by Crippen LogP contribution is 2.37. The first-order chi connectivity index (χ1) is 14.5. The van der Waals surface area contributed by atoms with Gasteiger partial charge in [0.15, 0.2) is 4.32 Å². The molecule has 1 fully saturated rings. The summed E-state index contributed by atoms with van der Waals surface area (Å²) in [6.07, 6.45) is 2.52. The fourth-order valence-corrected chi connectivity index (χ4v) is 4.40. The second-order valence-electron chi connectivity index (χ2n) is 6.51. The zero-order valence-corrected chi connectivity index (χ0v) is 17.5. The highest BCUT2D eigenvalue weighted by Gasteiger charge is 2.33. The number of carbonyl (C=O) groups is 1. The zero-order valence-electron chi connectivity index (χ0n) is 15.9. The molecule has 0 unspecified atom stereocenters. The lowest BCUT2D eigenvalue weighted by atomic mass is 10.1. The summed E-state index contributed by atoms with van der Waals surface area (Å²) in [5.74, 6) is 0.557. The van der Waals surface area contributed by atoms with Gasteiger partial charge in [0.05, 0.1) is 21.1 Å². The van der Waals surface area contributed by atoms with E-state index in [-0.39, 0.29) is 11.6 Å². The molecule has 0 aliphatic carbocycles. The maximum atomic E-state index is 12.9. The fourth-order valence-electron chi connectivity index (χ4n) is 3.12. The Balaban J connectivity index is 1.61. The van der Waals surface area contributed by atoms with E-state index in [1.54, 1.807) is 36.4 Å². The second-order valence-corrected chi connectivity index (χ2v) is 8.19. The van der Waals surface area contributed by atoms with Gasteiger partial charge in [-0.05, 0) is 42.3 Å². The van der Waals surface area contributed by atoms with Crippen LogP contribution in [0.4, 0.5) is 11.4 Å². The van der Waals surface area contributed by atoms with Crippen molar-refractivity contribution >= 4 is 51.7 Å². The van der Waals surface area contributed by atoms with Gasteiger partial charge in [-0.15, -0.1) is 0 Å². The van der Waals surface area contributed by atoms with Crippen molar-refractivity contribution in [3.05, 3.63) is 87.0 Å². The monoisotopic (exact) mass is 436 g/mol. The van der Waals surface area contributed by atoms with Gasteiger partial charge >= 0.3 is 0 Å². The maximum absolute atomic E-state index is 12.9. The number of rotatable bonds is 5. The predicted molar refractivity (Wildman–Crippen MR) is 122 cm³/mol. The number of furan rings is 1. The van der Waals surface area contributed by atoms with Crippen LogP contribution in [0.1, 0.15) is 18.2 Å². The smallest absolute Gasteiger partial charge is 0.280 e. The molecule has 4 rings (SSSR count). The van der Waals surface area contributed by atoms with Crippen LogP contribution in [0.25, 0.3) is 17.4 Å². The quantitative estimate of drug-likeness (QED) is 0.217. The third-order valence-corrected chi connectivity index (χ3v) is 5.96. The molecule has 3 aromatic rings. The van der Waals surface area contributed by atoms with E-state index in [1.165, 1.54) is 28.3 Å². The highest BCUT2D eigenvalue weighted by atomic mass is 32.2. The van der Waals surface area contributed by atoms with Crippen molar-refractivity contribution in [2.24, 2.45) is 0 Å². The number of thiocarbonyl (C=S) groups is 1. The molecule has 1 aliphatic rings. The van der Waals surface area contributed by atoms with E-state index >= 15 is 0 Å². The number of para-hydroxylation sites is 1. The van der Waals surface area contributed by atoms with Crippen LogP contribution in [0.5, 0.6) is 0 Å². The molecule has 8 heteroatoms. The van der Waals surface area contributed by atoms with Gasteiger partial charge in [0.1, 0.15) is 11.5 Å². The first-order valence-electron chi connectivity index (χ1n) is 9.18. The molecule has 0 spiro atoms. The molecule has 1 amide bonds. The Morgan fingerprint density at radius 3 is 2.57 bits per heavy atom. The molecule has 30 heavy (non-hydrogen) atoms. The van der Waals surface area contributed by atoms with Gasteiger partial charge in [0, 0.05) is 12.1 Å². The van der Waals surface area contributed by atoms with E-state index in [4.69, 9.17) is 16.6 Å². The van der Waals surface area contributed by atoms with Gasteiger partial charge in [0.2, 0.25) is 0 Å². The Hall–Kier alpha value is -3.23. The van der Waals surface area contributed by atoms with E-state index < -0.39 is 4.92 Å². The lowest BCUT2D eigenvalue weighted by Gasteiger charge is -2.14. The molecule has 0 N–H and O–H groups in total. The van der Waals surface area contributed by atoms with Crippen LogP contribution in [0.15, 0.2) is 70.0 Å². The summed E-state index contributed by atoms with van der Waals surface area (Å²) in [7, 11) is 0. The Bertz CT molecular complexity index is 1180. The minimum Gasteiger partial charge on any atom is -0.456 e. The summed E-state index contributed by atoms with van der Waals surface area (Å²) in [6.45, 7) is 2.07. The Kier molecular flexibility index (Phi) is 5.52. The van der Waals surface area contributed by atoms with Crippen LogP contribution < -0.4 is 4.90 Å². The maximum Gasteiger partial charge on any atom is 0.280 e. The molecule has 1 saturated heterocycles. The lowest BCUT2D eigenvalue weighted by molar-refractivity contribution is -0.384. The van der Waals surface area contributed by atoms with E-state index in [9.17, 15) is 14.9 Å². The standard InChI is InChI=1S/C22H16N2O4S2/c1-2-14-7-9-15(10-8-14)23-21(25)20(30-22(23)29)13-16-11-12-19(28-16)17-5-3-4-6-18(17)24(26)27/h3-13H,2H2,1H3/b20-13+. The number of nitro benzene ring substituents is 1. The number of hydrogen-bond acceptors (Lipinski definition) is 6. The number of hydrogen-bond donors (Lipinski definition) is 0. The molecule has 2 heterocycles. The number of amides is 1. The molecular formula is C22H16N2O4S2. The Morgan fingerprint density at radius 1 is 1.13 bits per heavy atom. The number of aryl methyl sites for hydroxylation is 1. The van der Waals surface area contributed by atoms with Crippen molar-refractivity contribution in [3.8, 4) is 11.3 Å². The summed E-state index contributed by atoms with van der Waals surface area (Å²) >= 11 is 6.60. The van der Waals surface area contributed by atoms with Gasteiger partial charge in [-0.2, -0.15) is 0 Å². The fraction of sp³-hybridized carbons (Fsp3) is 0.0909. The van der Waals surface area contributed by atoms with Crippen LogP contribution in [-0.2, 0) is 11.2 Å². The summed E-state index contributed by atoms with van der Waals surface area (Å²) in [4.78, 5) is 25.6. The summed E-state index contributed by atoms with van der Waals surface area (Å²) in [5.41, 5.74) is 2.24. The molecule has 1 aromatic heterocycles. The van der Waals surface area contributed by atoms with Crippen LogP contribution in [0, 0.1) is 10.1 Å². The van der Waals surface area contributed by atoms with Gasteiger partial charge in [-0.3, -0.25) is 19.8 Å². The Morgan fingerprint density at radius 2 is 1.87 bits per heavy atom. The average Bonchev–Trinajstić information content (AvgIpc) is 3.32. The molecule has 6 nitrogen and oxygen atoms in total. The largest absolute Gasteiger partial charge is 0.456 e. The lowest BCUT2D eigenvalue weighted by Crippen LogP contribution is -2.27. The zero-order chi connectivity index (χ0) is 21.3. The minimum absolute atomic E-state index is 0.0414. The summed E-state index contributed by atoms with van der Waals surface area (Å²) < 4.78 is 6.21. The molecule has 0 radical (unpaired) electrons. The number of thioether (sulfide) groups is 1. The van der Waals surface area contributed by atoms with Gasteiger partial charge < -0.3 is 4.42 Å². The van der Waals surface area contributed by atoms with Crippen LogP contribution in [0.3, 0.4) is 0 Å². The number of carbonyl (C=O) groups excluding carboxylic acids is 1. The molecule has 0 atom stereocenters. The SMILES string of the molecule is CCc1ccc(N2C(=O)/C(=C\c3ccc(-c4ccccc4[N+](=O)[O-])o3)SC2=S)cc1. The van der Waals surface area contributed by atoms with Crippen molar-refractivity contribution in [2.75, 3.05) is 4.90 Å². The first kappa shape index (κ1) is 20.1. The van der Waals surface area contributed by atoms with Crippen molar-refractivity contribution in [3.63, 3.8) is 0 Å². The van der Waals surface area contributed by atoms with Crippen molar-refractivity contribution in [1.29, 1.82) is 0 Å². The third-order valence-electron chi connectivity index (χ3n) is 4.66. The number of nitrogens with zero attached hydrogens (tertiary/aromatic N) is 2. The molecule has 0 bridgehead atoms. The third kappa shape index (κ3) is 3.79. The molecular weight excluding hydrogens is 420 g/mol. The van der Waals surface area contributed by atoms with E-state index in [2.05, 4.69) is 6.92 Å². The van der Waals surface area contributed by atoms with Crippen molar-refractivity contribution in [1.82, 2.24) is 0 Å². The van der Waals surface area contributed by atoms with Crippen LogP contribution >= 0.6 is 24.0 Å². The number of nitro groups is 1. The highest BCUT2D eigenvalue weighted by molar-refractivity contribution is 8.27. The van der Waals surface area contributed by atoms with Gasteiger partial charge in [0.25, 0.3) is 11.6 Å². The van der Waals surface area contributed by atoms with E-state index in [0.29, 0.717) is 26.3 Å². The van der Waals surface area contributed by atoms with Crippen molar-refractivity contribution in [2.45, 2.75) is 13.3 Å². The van der Waals surface area contributed by atoms with Crippen LogP contribution in [0.2, 0.25) is 0 Å².